The van der Waals surface area contributed by atoms with Crippen LogP contribution in [0.1, 0.15) is 16.1 Å². The molecular formula is C19H20N4O3. The second-order valence-electron chi connectivity index (χ2n) is 5.69. The molecule has 2 heterocycles. The summed E-state index contributed by atoms with van der Waals surface area (Å²) >= 11 is 0. The number of hydrogen-bond donors (Lipinski definition) is 0. The highest BCUT2D eigenvalue weighted by Crippen LogP contribution is 2.29. The molecule has 0 bridgehead atoms. The molecule has 0 radical (unpaired) electrons. The quantitative estimate of drug-likeness (QED) is 0.706. The summed E-state index contributed by atoms with van der Waals surface area (Å²) in [6.07, 6.45) is 4.98. The molecule has 1 amide bonds. The van der Waals surface area contributed by atoms with Crippen LogP contribution in [0.2, 0.25) is 0 Å². The standard InChI is InChI=1S/C19H20N4O3/c1-13-17(9-10-22(13)2)18(24)23(14-5-7-16(25-3)8-6-14)15-11-20-19(26-4)21-12-15/h5-12H,1-4H3. The topological polar surface area (TPSA) is 69.5 Å². The first-order valence-corrected chi connectivity index (χ1v) is 8.01. The SMILES string of the molecule is COc1ccc(N(C(=O)c2ccn(C)c2C)c2cnc(OC)nc2)cc1. The first kappa shape index (κ1) is 17.5. The Bertz CT molecular complexity index is 854. The van der Waals surface area contributed by atoms with Gasteiger partial charge < -0.3 is 14.0 Å². The van der Waals surface area contributed by atoms with Gasteiger partial charge in [-0.3, -0.25) is 9.69 Å². The highest BCUT2D eigenvalue weighted by Gasteiger charge is 2.23. The molecule has 0 N–H and O–H groups in total. The molecule has 0 aliphatic carbocycles. The Kier molecular flexibility index (Phi) is 4.88. The Morgan fingerprint density at radius 1 is 1.00 bits per heavy atom. The van der Waals surface area contributed by atoms with Gasteiger partial charge in [0.2, 0.25) is 0 Å². The molecule has 7 nitrogen and oxygen atoms in total. The van der Waals surface area contributed by atoms with Gasteiger partial charge in [-0.2, -0.15) is 0 Å². The van der Waals surface area contributed by atoms with Crippen LogP contribution in [0, 0.1) is 6.92 Å². The highest BCUT2D eigenvalue weighted by atomic mass is 16.5. The van der Waals surface area contributed by atoms with Crippen molar-refractivity contribution >= 4 is 17.3 Å². The predicted octanol–water partition coefficient (Wildman–Crippen LogP) is 3.12. The average Bonchev–Trinajstić information content (AvgIpc) is 3.02. The van der Waals surface area contributed by atoms with Crippen LogP contribution in [0.4, 0.5) is 11.4 Å². The fraction of sp³-hybridized carbons (Fsp3) is 0.211. The van der Waals surface area contributed by atoms with Gasteiger partial charge in [0, 0.05) is 24.6 Å². The summed E-state index contributed by atoms with van der Waals surface area (Å²) in [6.45, 7) is 1.91. The zero-order chi connectivity index (χ0) is 18.7. The van der Waals surface area contributed by atoms with E-state index < -0.39 is 0 Å². The molecule has 134 valence electrons. The number of methoxy groups -OCH3 is 2. The fourth-order valence-corrected chi connectivity index (χ4v) is 2.60. The lowest BCUT2D eigenvalue weighted by Crippen LogP contribution is -2.26. The first-order chi connectivity index (χ1) is 12.5. The molecule has 1 aromatic carbocycles. The monoisotopic (exact) mass is 352 g/mol. The molecule has 0 saturated heterocycles. The molecule has 3 aromatic rings. The van der Waals surface area contributed by atoms with Crippen molar-refractivity contribution < 1.29 is 14.3 Å². The third-order valence-electron chi connectivity index (χ3n) is 4.20. The van der Waals surface area contributed by atoms with Crippen molar-refractivity contribution in [2.75, 3.05) is 19.1 Å². The van der Waals surface area contributed by atoms with E-state index in [4.69, 9.17) is 9.47 Å². The van der Waals surface area contributed by atoms with Gasteiger partial charge >= 0.3 is 6.01 Å². The van der Waals surface area contributed by atoms with Gasteiger partial charge in [-0.25, -0.2) is 9.97 Å². The van der Waals surface area contributed by atoms with Crippen LogP contribution in [0.5, 0.6) is 11.8 Å². The minimum absolute atomic E-state index is 0.165. The predicted molar refractivity (Wildman–Crippen MR) is 98.2 cm³/mol. The molecule has 0 atom stereocenters. The molecule has 7 heteroatoms. The maximum Gasteiger partial charge on any atom is 0.316 e. The molecule has 0 aliphatic heterocycles. The highest BCUT2D eigenvalue weighted by molar-refractivity contribution is 6.11. The molecule has 3 rings (SSSR count). The number of carbonyl (C=O) groups is 1. The van der Waals surface area contributed by atoms with E-state index in [0.717, 1.165) is 5.69 Å². The number of aryl methyl sites for hydroxylation is 1. The fourth-order valence-electron chi connectivity index (χ4n) is 2.60. The van der Waals surface area contributed by atoms with Crippen LogP contribution in [-0.2, 0) is 7.05 Å². The van der Waals surface area contributed by atoms with Gasteiger partial charge in [0.1, 0.15) is 5.75 Å². The minimum atomic E-state index is -0.165. The van der Waals surface area contributed by atoms with Crippen LogP contribution in [0.25, 0.3) is 0 Å². The van der Waals surface area contributed by atoms with Crippen molar-refractivity contribution in [2.24, 2.45) is 7.05 Å². The van der Waals surface area contributed by atoms with E-state index in [9.17, 15) is 4.79 Å². The first-order valence-electron chi connectivity index (χ1n) is 8.01. The lowest BCUT2D eigenvalue weighted by Gasteiger charge is -2.23. The lowest BCUT2D eigenvalue weighted by atomic mass is 10.2. The maximum absolute atomic E-state index is 13.3. The second-order valence-corrected chi connectivity index (χ2v) is 5.69. The van der Waals surface area contributed by atoms with Gasteiger partial charge in [0.25, 0.3) is 5.91 Å². The van der Waals surface area contributed by atoms with E-state index in [2.05, 4.69) is 9.97 Å². The van der Waals surface area contributed by atoms with E-state index in [1.165, 1.54) is 7.11 Å². The van der Waals surface area contributed by atoms with Crippen molar-refractivity contribution in [3.63, 3.8) is 0 Å². The zero-order valence-corrected chi connectivity index (χ0v) is 15.1. The van der Waals surface area contributed by atoms with Crippen LogP contribution in [0.15, 0.2) is 48.9 Å². The number of ether oxygens (including phenoxy) is 2. The van der Waals surface area contributed by atoms with Gasteiger partial charge in [-0.05, 0) is 37.3 Å². The molecule has 0 spiro atoms. The summed E-state index contributed by atoms with van der Waals surface area (Å²) in [5, 5.41) is 0. The summed E-state index contributed by atoms with van der Waals surface area (Å²) in [6, 6.07) is 9.29. The van der Waals surface area contributed by atoms with E-state index in [1.807, 2.05) is 36.9 Å². The summed E-state index contributed by atoms with van der Waals surface area (Å²) in [5.74, 6) is 0.546. The van der Waals surface area contributed by atoms with E-state index in [1.54, 1.807) is 42.6 Å². The smallest absolute Gasteiger partial charge is 0.316 e. The summed E-state index contributed by atoms with van der Waals surface area (Å²) in [4.78, 5) is 23.1. The Labute approximate surface area is 151 Å². The molecule has 2 aromatic heterocycles. The molecule has 0 fully saturated rings. The van der Waals surface area contributed by atoms with E-state index in [-0.39, 0.29) is 11.9 Å². The Morgan fingerprint density at radius 3 is 2.15 bits per heavy atom. The van der Waals surface area contributed by atoms with E-state index in [0.29, 0.717) is 22.7 Å². The number of hydrogen-bond acceptors (Lipinski definition) is 5. The van der Waals surface area contributed by atoms with Gasteiger partial charge in [0.15, 0.2) is 0 Å². The van der Waals surface area contributed by atoms with Crippen molar-refractivity contribution in [1.29, 1.82) is 0 Å². The summed E-state index contributed by atoms with van der Waals surface area (Å²) in [7, 11) is 5.00. The Morgan fingerprint density at radius 2 is 1.65 bits per heavy atom. The normalized spacial score (nSPS) is 10.5. The minimum Gasteiger partial charge on any atom is -0.497 e. The van der Waals surface area contributed by atoms with Crippen molar-refractivity contribution in [1.82, 2.24) is 14.5 Å². The molecule has 26 heavy (non-hydrogen) atoms. The van der Waals surface area contributed by atoms with Crippen LogP contribution >= 0.6 is 0 Å². The molecular weight excluding hydrogens is 332 g/mol. The van der Waals surface area contributed by atoms with Gasteiger partial charge in [-0.15, -0.1) is 0 Å². The lowest BCUT2D eigenvalue weighted by molar-refractivity contribution is 0.0998. The average molecular weight is 352 g/mol. The number of rotatable bonds is 5. The molecule has 0 saturated carbocycles. The largest absolute Gasteiger partial charge is 0.497 e. The summed E-state index contributed by atoms with van der Waals surface area (Å²) < 4.78 is 12.1. The number of benzene rings is 1. The zero-order valence-electron chi connectivity index (χ0n) is 15.1. The molecule has 0 aliphatic rings. The second kappa shape index (κ2) is 7.26. The van der Waals surface area contributed by atoms with E-state index >= 15 is 0 Å². The van der Waals surface area contributed by atoms with Gasteiger partial charge in [0.05, 0.1) is 37.9 Å². The van der Waals surface area contributed by atoms with Crippen molar-refractivity contribution in [2.45, 2.75) is 6.92 Å². The van der Waals surface area contributed by atoms with Crippen LogP contribution in [-0.4, -0.2) is 34.7 Å². The number of carbonyl (C=O) groups excluding carboxylic acids is 1. The third-order valence-corrected chi connectivity index (χ3v) is 4.20. The van der Waals surface area contributed by atoms with Crippen molar-refractivity contribution in [3.05, 3.63) is 60.2 Å². The number of anilines is 2. The Balaban J connectivity index is 2.07. The van der Waals surface area contributed by atoms with Gasteiger partial charge in [-0.1, -0.05) is 0 Å². The number of nitrogens with zero attached hydrogens (tertiary/aromatic N) is 4. The maximum atomic E-state index is 13.3. The number of aromatic nitrogens is 3. The Hall–Kier alpha value is -3.35. The van der Waals surface area contributed by atoms with Crippen molar-refractivity contribution in [3.8, 4) is 11.8 Å². The number of amides is 1. The summed E-state index contributed by atoms with van der Waals surface area (Å²) in [5.41, 5.74) is 2.72. The van der Waals surface area contributed by atoms with Crippen LogP contribution < -0.4 is 14.4 Å². The third kappa shape index (κ3) is 3.23. The molecule has 0 unspecified atom stereocenters. The van der Waals surface area contributed by atoms with Crippen LogP contribution in [0.3, 0.4) is 0 Å².